The minimum Gasteiger partial charge on any atom is -0.497 e. The molecule has 0 spiro atoms. The molecular weight excluding hydrogens is 376 g/mol. The summed E-state index contributed by atoms with van der Waals surface area (Å²) in [5.74, 6) is 1.08. The number of carbonyl (C=O) groups excluding carboxylic acids is 1. The van der Waals surface area contributed by atoms with Gasteiger partial charge in [-0.3, -0.25) is 9.78 Å². The molecule has 0 bridgehead atoms. The van der Waals surface area contributed by atoms with Crippen molar-refractivity contribution < 1.29 is 14.3 Å². The first-order valence-corrected chi connectivity index (χ1v) is 9.66. The van der Waals surface area contributed by atoms with Gasteiger partial charge in [-0.2, -0.15) is 0 Å². The van der Waals surface area contributed by atoms with Gasteiger partial charge in [0, 0.05) is 22.8 Å². The van der Waals surface area contributed by atoms with Crippen LogP contribution in [0, 0.1) is 6.92 Å². The molecule has 0 unspecified atom stereocenters. The standard InChI is InChI=1S/C25H22N2O3/c1-17-14-24(22-15-21(29-2)12-13-23(22)26-17)30-16-25(28)27-20-10-8-19(9-11-20)18-6-4-3-5-7-18/h3-15H,16H2,1-2H3,(H,27,28). The Bertz CT molecular complexity index is 1170. The van der Waals surface area contributed by atoms with Crippen LogP contribution in [0.15, 0.2) is 78.9 Å². The molecule has 4 aromatic rings. The molecule has 5 heteroatoms. The molecule has 0 radical (unpaired) electrons. The molecule has 0 aliphatic rings. The molecule has 3 aromatic carbocycles. The highest BCUT2D eigenvalue weighted by Gasteiger charge is 2.10. The van der Waals surface area contributed by atoms with Crippen molar-refractivity contribution in [3.8, 4) is 22.6 Å². The molecule has 30 heavy (non-hydrogen) atoms. The number of aromatic nitrogens is 1. The van der Waals surface area contributed by atoms with Gasteiger partial charge in [-0.25, -0.2) is 0 Å². The number of aryl methyl sites for hydroxylation is 1. The number of carbonyl (C=O) groups is 1. The number of ether oxygens (including phenoxy) is 2. The molecule has 0 aliphatic heterocycles. The lowest BCUT2D eigenvalue weighted by Gasteiger charge is -2.12. The van der Waals surface area contributed by atoms with Crippen LogP contribution in [0.1, 0.15) is 5.69 Å². The Balaban J connectivity index is 1.44. The smallest absolute Gasteiger partial charge is 0.262 e. The molecule has 4 rings (SSSR count). The summed E-state index contributed by atoms with van der Waals surface area (Å²) in [6, 6.07) is 25.2. The lowest BCUT2D eigenvalue weighted by atomic mass is 10.1. The van der Waals surface area contributed by atoms with E-state index in [1.54, 1.807) is 7.11 Å². The Kier molecular flexibility index (Phi) is 5.61. The third-order valence-corrected chi connectivity index (χ3v) is 4.74. The van der Waals surface area contributed by atoms with Crippen molar-refractivity contribution in [3.63, 3.8) is 0 Å². The Labute approximate surface area is 175 Å². The van der Waals surface area contributed by atoms with Crippen LogP contribution in [0.4, 0.5) is 5.69 Å². The zero-order valence-electron chi connectivity index (χ0n) is 16.9. The molecule has 0 atom stereocenters. The van der Waals surface area contributed by atoms with Gasteiger partial charge in [0.15, 0.2) is 6.61 Å². The van der Waals surface area contributed by atoms with E-state index in [-0.39, 0.29) is 12.5 Å². The molecule has 150 valence electrons. The van der Waals surface area contributed by atoms with Crippen molar-refractivity contribution in [2.75, 3.05) is 19.0 Å². The van der Waals surface area contributed by atoms with Gasteiger partial charge in [0.25, 0.3) is 5.91 Å². The van der Waals surface area contributed by atoms with Crippen LogP contribution in [0.5, 0.6) is 11.5 Å². The van der Waals surface area contributed by atoms with E-state index in [1.807, 2.05) is 73.7 Å². The summed E-state index contributed by atoms with van der Waals surface area (Å²) in [6.07, 6.45) is 0. The maximum atomic E-state index is 12.4. The summed E-state index contributed by atoms with van der Waals surface area (Å²) in [5.41, 5.74) is 4.56. The van der Waals surface area contributed by atoms with Crippen LogP contribution in [-0.2, 0) is 4.79 Å². The number of benzene rings is 3. The second-order valence-corrected chi connectivity index (χ2v) is 6.93. The number of nitrogens with zero attached hydrogens (tertiary/aromatic N) is 1. The topological polar surface area (TPSA) is 60.5 Å². The molecule has 0 fully saturated rings. The van der Waals surface area contributed by atoms with Gasteiger partial charge in [-0.05, 0) is 48.4 Å². The highest BCUT2D eigenvalue weighted by atomic mass is 16.5. The van der Waals surface area contributed by atoms with Crippen LogP contribution in [-0.4, -0.2) is 24.6 Å². The number of fused-ring (bicyclic) bond motifs is 1. The van der Waals surface area contributed by atoms with Gasteiger partial charge in [-0.1, -0.05) is 42.5 Å². The number of anilines is 1. The SMILES string of the molecule is COc1ccc2nc(C)cc(OCC(=O)Nc3ccc(-c4ccccc4)cc3)c2c1. The monoisotopic (exact) mass is 398 g/mol. The molecule has 5 nitrogen and oxygen atoms in total. The van der Waals surface area contributed by atoms with E-state index < -0.39 is 0 Å². The van der Waals surface area contributed by atoms with E-state index in [1.165, 1.54) is 0 Å². The van der Waals surface area contributed by atoms with Gasteiger partial charge in [0.2, 0.25) is 0 Å². The summed E-state index contributed by atoms with van der Waals surface area (Å²) < 4.78 is 11.1. The fraction of sp³-hybridized carbons (Fsp3) is 0.120. The minimum absolute atomic E-state index is 0.101. The predicted molar refractivity (Wildman–Crippen MR) is 119 cm³/mol. The zero-order valence-corrected chi connectivity index (χ0v) is 16.9. The number of hydrogen-bond donors (Lipinski definition) is 1. The van der Waals surface area contributed by atoms with Crippen LogP contribution in [0.3, 0.4) is 0 Å². The van der Waals surface area contributed by atoms with E-state index in [2.05, 4.69) is 22.4 Å². The lowest BCUT2D eigenvalue weighted by Crippen LogP contribution is -2.20. The van der Waals surface area contributed by atoms with Crippen LogP contribution >= 0.6 is 0 Å². The first-order chi connectivity index (χ1) is 14.6. The quantitative estimate of drug-likeness (QED) is 0.483. The second-order valence-electron chi connectivity index (χ2n) is 6.93. The first-order valence-electron chi connectivity index (χ1n) is 9.66. The number of pyridine rings is 1. The van der Waals surface area contributed by atoms with Gasteiger partial charge in [0.1, 0.15) is 11.5 Å². The fourth-order valence-corrected chi connectivity index (χ4v) is 3.26. The van der Waals surface area contributed by atoms with E-state index in [0.717, 1.165) is 33.4 Å². The number of methoxy groups -OCH3 is 1. The Morgan fingerprint density at radius 2 is 1.67 bits per heavy atom. The number of nitrogens with one attached hydrogen (secondary N) is 1. The highest BCUT2D eigenvalue weighted by Crippen LogP contribution is 2.29. The average Bonchev–Trinajstić information content (AvgIpc) is 2.78. The summed E-state index contributed by atoms with van der Waals surface area (Å²) in [7, 11) is 1.61. The van der Waals surface area contributed by atoms with E-state index in [9.17, 15) is 4.79 Å². The summed E-state index contributed by atoms with van der Waals surface area (Å²) in [5, 5.41) is 3.68. The normalized spacial score (nSPS) is 10.6. The molecule has 0 saturated heterocycles. The fourth-order valence-electron chi connectivity index (χ4n) is 3.26. The van der Waals surface area contributed by atoms with Gasteiger partial charge < -0.3 is 14.8 Å². The van der Waals surface area contributed by atoms with Crippen molar-refractivity contribution in [2.45, 2.75) is 6.92 Å². The maximum Gasteiger partial charge on any atom is 0.262 e. The van der Waals surface area contributed by atoms with Crippen molar-refractivity contribution in [1.29, 1.82) is 0 Å². The van der Waals surface area contributed by atoms with Gasteiger partial charge in [0.05, 0.1) is 12.6 Å². The Hall–Kier alpha value is -3.86. The van der Waals surface area contributed by atoms with E-state index in [0.29, 0.717) is 11.5 Å². The van der Waals surface area contributed by atoms with Crippen molar-refractivity contribution >= 4 is 22.5 Å². The third-order valence-electron chi connectivity index (χ3n) is 4.74. The second kappa shape index (κ2) is 8.66. The first kappa shape index (κ1) is 19.5. The third kappa shape index (κ3) is 4.41. The predicted octanol–water partition coefficient (Wildman–Crippen LogP) is 5.24. The molecular formula is C25H22N2O3. The van der Waals surface area contributed by atoms with Crippen LogP contribution in [0.25, 0.3) is 22.0 Å². The largest absolute Gasteiger partial charge is 0.497 e. The Morgan fingerprint density at radius 1 is 0.933 bits per heavy atom. The van der Waals surface area contributed by atoms with E-state index >= 15 is 0 Å². The van der Waals surface area contributed by atoms with Gasteiger partial charge >= 0.3 is 0 Å². The van der Waals surface area contributed by atoms with Gasteiger partial charge in [-0.15, -0.1) is 0 Å². The molecule has 0 aliphatic carbocycles. The minimum atomic E-state index is -0.229. The summed E-state index contributed by atoms with van der Waals surface area (Å²) in [4.78, 5) is 16.9. The van der Waals surface area contributed by atoms with Crippen molar-refractivity contribution in [3.05, 3.63) is 84.6 Å². The van der Waals surface area contributed by atoms with Crippen LogP contribution in [0.2, 0.25) is 0 Å². The van der Waals surface area contributed by atoms with E-state index in [4.69, 9.17) is 9.47 Å². The molecule has 1 amide bonds. The molecule has 0 saturated carbocycles. The molecule has 1 N–H and O–H groups in total. The lowest BCUT2D eigenvalue weighted by molar-refractivity contribution is -0.118. The highest BCUT2D eigenvalue weighted by molar-refractivity contribution is 5.93. The summed E-state index contributed by atoms with van der Waals surface area (Å²) in [6.45, 7) is 1.79. The average molecular weight is 398 g/mol. The van der Waals surface area contributed by atoms with Crippen molar-refractivity contribution in [2.24, 2.45) is 0 Å². The number of rotatable bonds is 6. The Morgan fingerprint density at radius 3 is 2.40 bits per heavy atom. The zero-order chi connectivity index (χ0) is 20.9. The number of amides is 1. The maximum absolute atomic E-state index is 12.4. The molecule has 1 heterocycles. The number of hydrogen-bond acceptors (Lipinski definition) is 4. The summed E-state index contributed by atoms with van der Waals surface area (Å²) >= 11 is 0. The van der Waals surface area contributed by atoms with Crippen LogP contribution < -0.4 is 14.8 Å². The van der Waals surface area contributed by atoms with Crippen molar-refractivity contribution in [1.82, 2.24) is 4.98 Å². The molecule has 1 aromatic heterocycles.